The van der Waals surface area contributed by atoms with E-state index in [9.17, 15) is 3.74 Å². The maximum atomic E-state index is 10.6. The van der Waals surface area contributed by atoms with Gasteiger partial charge in [0.1, 0.15) is 0 Å². The predicted molar refractivity (Wildman–Crippen MR) is 40.5 cm³/mol. The van der Waals surface area contributed by atoms with Crippen molar-refractivity contribution in [2.75, 3.05) is 5.73 Å². The van der Waals surface area contributed by atoms with Crippen molar-refractivity contribution in [3.63, 3.8) is 0 Å². The molecule has 0 saturated heterocycles. The number of benzene rings is 1. The number of nitrogen functional groups attached to an aromatic ring is 1. The van der Waals surface area contributed by atoms with Crippen LogP contribution in [0.15, 0.2) is 24.3 Å². The molecule has 1 aromatic carbocycles. The zero-order valence-corrected chi connectivity index (χ0v) is 7.34. The first-order valence-corrected chi connectivity index (χ1v) is 5.64. The van der Waals surface area contributed by atoms with Gasteiger partial charge in [-0.15, -0.1) is 0 Å². The summed E-state index contributed by atoms with van der Waals surface area (Å²) >= 11 is -3.19. The Balaban J connectivity index is 3.15. The topological polar surface area (TPSA) is 63.3 Å². The Labute approximate surface area is 63.3 Å². The summed E-state index contributed by atoms with van der Waals surface area (Å²) in [6.45, 7) is 0. The van der Waals surface area contributed by atoms with Crippen molar-refractivity contribution >= 4 is 25.0 Å². The van der Waals surface area contributed by atoms with Crippen LogP contribution in [0.2, 0.25) is 0 Å². The minimum absolute atomic E-state index is 0.405. The summed E-state index contributed by atoms with van der Waals surface area (Å²) in [5.74, 6) is 0. The molecule has 3 N–H and O–H groups in total. The Bertz CT molecular complexity index is 262. The van der Waals surface area contributed by atoms with E-state index in [0.717, 1.165) is 0 Å². The number of rotatable bonds is 1. The van der Waals surface area contributed by atoms with Crippen LogP contribution in [-0.4, -0.2) is 19.0 Å². The fraction of sp³-hybridized carbons (Fsp3) is 0. The Morgan fingerprint density at radius 3 is 2.40 bits per heavy atom. The summed E-state index contributed by atoms with van der Waals surface area (Å²) in [6.07, 6.45) is 0. The zero-order valence-electron chi connectivity index (χ0n) is 5.24. The van der Waals surface area contributed by atoms with Crippen LogP contribution in [0.25, 0.3) is 0 Å². The minimum atomic E-state index is -3.19. The van der Waals surface area contributed by atoms with E-state index in [1.54, 1.807) is 24.3 Å². The number of hydrogen-bond donors (Lipinski definition) is 2. The summed E-state index contributed by atoms with van der Waals surface area (Å²) in [5, 5.41) is 0. The van der Waals surface area contributed by atoms with Crippen molar-refractivity contribution in [3.8, 4) is 0 Å². The average Bonchev–Trinajstić information content (AvgIpc) is 1.88. The fourth-order valence-corrected chi connectivity index (χ4v) is 1.89. The molecule has 0 amide bonds. The summed E-state index contributed by atoms with van der Waals surface area (Å²) in [5.41, 5.74) is 5.82. The van der Waals surface area contributed by atoms with Crippen LogP contribution in [-0.2, 0) is 3.74 Å². The van der Waals surface area contributed by atoms with Crippen LogP contribution in [0.4, 0.5) is 5.69 Å². The third kappa shape index (κ3) is 1.43. The summed E-state index contributed by atoms with van der Waals surface area (Å²) in [7, 11) is 0. The third-order valence-corrected chi connectivity index (χ3v) is 3.11. The van der Waals surface area contributed by atoms with Crippen LogP contribution in [0.1, 0.15) is 0 Å². The normalized spacial score (nSPS) is 12.9. The van der Waals surface area contributed by atoms with Gasteiger partial charge in [0.25, 0.3) is 0 Å². The molecule has 1 aromatic rings. The molecule has 0 aromatic heterocycles. The molecule has 0 aliphatic heterocycles. The second-order valence-corrected chi connectivity index (χ2v) is 4.30. The van der Waals surface area contributed by atoms with Gasteiger partial charge in [-0.05, 0) is 0 Å². The molecule has 0 aliphatic carbocycles. The SMILES string of the molecule is Nc1ccccc1[AsH](=O)O. The van der Waals surface area contributed by atoms with E-state index in [4.69, 9.17) is 9.83 Å². The fourth-order valence-electron chi connectivity index (χ4n) is 0.692. The number of nitrogens with two attached hydrogens (primary N) is 1. The first kappa shape index (κ1) is 7.45. The van der Waals surface area contributed by atoms with Crippen molar-refractivity contribution in [3.05, 3.63) is 24.3 Å². The van der Waals surface area contributed by atoms with Crippen LogP contribution < -0.4 is 10.1 Å². The molecule has 1 atom stereocenters. The molecule has 1 rings (SSSR count). The quantitative estimate of drug-likeness (QED) is 0.458. The van der Waals surface area contributed by atoms with E-state index in [0.29, 0.717) is 10.0 Å². The molecule has 0 aliphatic rings. The van der Waals surface area contributed by atoms with Gasteiger partial charge in [0.2, 0.25) is 0 Å². The number of anilines is 1. The summed E-state index contributed by atoms with van der Waals surface area (Å²) < 4.78 is 19.7. The van der Waals surface area contributed by atoms with Gasteiger partial charge in [-0.2, -0.15) is 0 Å². The van der Waals surface area contributed by atoms with Gasteiger partial charge < -0.3 is 0 Å². The molecular weight excluding hydrogens is 193 g/mol. The van der Waals surface area contributed by atoms with Gasteiger partial charge in [0, 0.05) is 0 Å². The van der Waals surface area contributed by atoms with Crippen molar-refractivity contribution in [1.82, 2.24) is 0 Å². The third-order valence-electron chi connectivity index (χ3n) is 1.19. The molecule has 4 heteroatoms. The van der Waals surface area contributed by atoms with E-state index in [-0.39, 0.29) is 0 Å². The first-order valence-electron chi connectivity index (χ1n) is 2.79. The zero-order chi connectivity index (χ0) is 7.56. The molecule has 0 heterocycles. The van der Waals surface area contributed by atoms with E-state index < -0.39 is 14.9 Å². The molecule has 0 spiro atoms. The Morgan fingerprint density at radius 2 is 2.00 bits per heavy atom. The second-order valence-electron chi connectivity index (χ2n) is 1.89. The van der Waals surface area contributed by atoms with Crippen molar-refractivity contribution < 1.29 is 7.84 Å². The Hall–Kier alpha value is -0.662. The molecule has 0 fully saturated rings. The second kappa shape index (κ2) is 2.95. The van der Waals surface area contributed by atoms with E-state index in [1.807, 2.05) is 0 Å². The van der Waals surface area contributed by atoms with Crippen LogP contribution in [0.3, 0.4) is 0 Å². The maximum absolute atomic E-state index is 10.6. The predicted octanol–water partition coefficient (Wildman–Crippen LogP) is -0.881. The summed E-state index contributed by atoms with van der Waals surface area (Å²) in [4.78, 5) is 0. The molecule has 1 unspecified atom stereocenters. The van der Waals surface area contributed by atoms with Crippen LogP contribution >= 0.6 is 0 Å². The Morgan fingerprint density at radius 1 is 1.40 bits per heavy atom. The average molecular weight is 201 g/mol. The van der Waals surface area contributed by atoms with Crippen LogP contribution in [0.5, 0.6) is 0 Å². The van der Waals surface area contributed by atoms with Crippen molar-refractivity contribution in [1.29, 1.82) is 0 Å². The van der Waals surface area contributed by atoms with Gasteiger partial charge in [-0.25, -0.2) is 0 Å². The molecule has 3 nitrogen and oxygen atoms in total. The van der Waals surface area contributed by atoms with Crippen molar-refractivity contribution in [2.45, 2.75) is 0 Å². The van der Waals surface area contributed by atoms with Crippen molar-refractivity contribution in [2.24, 2.45) is 0 Å². The molecular formula is C6H8AsNO2. The summed E-state index contributed by atoms with van der Waals surface area (Å²) in [6, 6.07) is 6.64. The molecule has 0 radical (unpaired) electrons. The van der Waals surface area contributed by atoms with E-state index >= 15 is 0 Å². The van der Waals surface area contributed by atoms with E-state index in [1.165, 1.54) is 0 Å². The molecule has 54 valence electrons. The standard InChI is InChI=1S/C6H8AsNO2/c8-6-4-2-1-3-5(6)7(9)10/h1-4,7H,8H2,(H,9,10). The molecule has 10 heavy (non-hydrogen) atoms. The Kier molecular flexibility index (Phi) is 2.20. The first-order chi connectivity index (χ1) is 4.72. The monoisotopic (exact) mass is 201 g/mol. The van der Waals surface area contributed by atoms with Gasteiger partial charge in [-0.3, -0.25) is 0 Å². The van der Waals surface area contributed by atoms with Gasteiger partial charge in [-0.1, -0.05) is 0 Å². The van der Waals surface area contributed by atoms with Gasteiger partial charge in [0.05, 0.1) is 0 Å². The van der Waals surface area contributed by atoms with Gasteiger partial charge >= 0.3 is 62.8 Å². The molecule has 0 saturated carbocycles. The van der Waals surface area contributed by atoms with Crippen LogP contribution in [0, 0.1) is 0 Å². The molecule has 0 bridgehead atoms. The van der Waals surface area contributed by atoms with E-state index in [2.05, 4.69) is 0 Å². The number of para-hydroxylation sites is 1. The van der Waals surface area contributed by atoms with Gasteiger partial charge in [0.15, 0.2) is 0 Å². The number of hydrogen-bond acceptors (Lipinski definition) is 2.